The highest BCUT2D eigenvalue weighted by Gasteiger charge is 2.19. The van der Waals surface area contributed by atoms with E-state index in [1.54, 1.807) is 11.3 Å². The summed E-state index contributed by atoms with van der Waals surface area (Å²) in [6.45, 7) is 8.20. The first-order valence-electron chi connectivity index (χ1n) is 7.06. The number of anilines is 1. The van der Waals surface area contributed by atoms with E-state index >= 15 is 0 Å². The lowest BCUT2D eigenvalue weighted by Gasteiger charge is -2.32. The van der Waals surface area contributed by atoms with Gasteiger partial charge in [0.05, 0.1) is 0 Å². The van der Waals surface area contributed by atoms with Crippen LogP contribution < -0.4 is 5.32 Å². The van der Waals surface area contributed by atoms with Crippen LogP contribution in [-0.4, -0.2) is 28.4 Å². The molecule has 1 aromatic rings. The zero-order valence-corrected chi connectivity index (χ0v) is 12.8. The molecule has 106 valence electrons. The Hall–Kier alpha value is -0.940. The highest BCUT2D eigenvalue weighted by atomic mass is 32.1. The molecule has 0 bridgehead atoms. The van der Waals surface area contributed by atoms with Crippen molar-refractivity contribution in [3.63, 3.8) is 0 Å². The molecule has 4 nitrogen and oxygen atoms in total. The predicted octanol–water partition coefficient (Wildman–Crippen LogP) is 3.11. The molecule has 1 fully saturated rings. The fourth-order valence-corrected chi connectivity index (χ4v) is 3.12. The second-order valence-electron chi connectivity index (χ2n) is 5.59. The van der Waals surface area contributed by atoms with E-state index in [4.69, 9.17) is 0 Å². The van der Waals surface area contributed by atoms with E-state index in [-0.39, 0.29) is 11.8 Å². The molecule has 1 aliphatic heterocycles. The number of aromatic nitrogens is 1. The largest absolute Gasteiger partial charge is 0.302 e. The summed E-state index contributed by atoms with van der Waals surface area (Å²) in [7, 11) is 0. The average Bonchev–Trinajstić information content (AvgIpc) is 2.79. The predicted molar refractivity (Wildman–Crippen MR) is 79.3 cm³/mol. The summed E-state index contributed by atoms with van der Waals surface area (Å²) in [6, 6.07) is 0.657. The number of amides is 1. The van der Waals surface area contributed by atoms with E-state index in [2.05, 4.69) is 22.1 Å². The van der Waals surface area contributed by atoms with Gasteiger partial charge in [-0.05, 0) is 26.3 Å². The molecule has 1 aliphatic rings. The number of thiazole rings is 1. The number of nitrogens with zero attached hydrogens (tertiary/aromatic N) is 2. The Balaban J connectivity index is 1.91. The van der Waals surface area contributed by atoms with Crippen molar-refractivity contribution < 1.29 is 4.79 Å². The van der Waals surface area contributed by atoms with Crippen LogP contribution in [0.4, 0.5) is 5.13 Å². The fraction of sp³-hybridized carbons (Fsp3) is 0.714. The lowest BCUT2D eigenvalue weighted by Crippen LogP contribution is -2.36. The van der Waals surface area contributed by atoms with Gasteiger partial charge in [-0.3, -0.25) is 9.69 Å². The minimum atomic E-state index is -0.00512. The van der Waals surface area contributed by atoms with Gasteiger partial charge < -0.3 is 5.32 Å². The van der Waals surface area contributed by atoms with E-state index in [9.17, 15) is 4.79 Å². The Labute approximate surface area is 119 Å². The molecular formula is C14H23N3OS. The molecule has 19 heavy (non-hydrogen) atoms. The molecule has 1 atom stereocenters. The Morgan fingerprint density at radius 1 is 1.58 bits per heavy atom. The van der Waals surface area contributed by atoms with Gasteiger partial charge in [-0.15, -0.1) is 11.3 Å². The number of piperidine rings is 1. The van der Waals surface area contributed by atoms with Gasteiger partial charge in [0.1, 0.15) is 0 Å². The van der Waals surface area contributed by atoms with Gasteiger partial charge in [0.25, 0.3) is 0 Å². The normalized spacial score (nSPS) is 20.7. The first kappa shape index (κ1) is 14.5. The van der Waals surface area contributed by atoms with E-state index in [1.165, 1.54) is 30.7 Å². The maximum atomic E-state index is 11.6. The van der Waals surface area contributed by atoms with E-state index < -0.39 is 0 Å². The molecule has 0 spiro atoms. The van der Waals surface area contributed by atoms with Crippen LogP contribution in [0.2, 0.25) is 0 Å². The molecule has 1 unspecified atom stereocenters. The number of nitrogens with one attached hydrogen (secondary N) is 1. The number of carbonyl (C=O) groups excluding carboxylic acids is 1. The van der Waals surface area contributed by atoms with Gasteiger partial charge in [0, 0.05) is 29.6 Å². The number of carbonyl (C=O) groups is 1. The van der Waals surface area contributed by atoms with Crippen LogP contribution in [0.25, 0.3) is 0 Å². The fourth-order valence-electron chi connectivity index (χ4n) is 2.28. The van der Waals surface area contributed by atoms with Gasteiger partial charge >= 0.3 is 0 Å². The summed E-state index contributed by atoms with van der Waals surface area (Å²) >= 11 is 1.59. The van der Waals surface area contributed by atoms with E-state index in [1.807, 2.05) is 20.0 Å². The molecule has 1 saturated heterocycles. The minimum Gasteiger partial charge on any atom is -0.302 e. The van der Waals surface area contributed by atoms with Gasteiger partial charge in [-0.1, -0.05) is 20.3 Å². The topological polar surface area (TPSA) is 45.2 Å². The lowest BCUT2D eigenvalue weighted by molar-refractivity contribution is -0.118. The Bertz CT molecular complexity index is 430. The van der Waals surface area contributed by atoms with Crippen molar-refractivity contribution in [3.8, 4) is 0 Å². The summed E-state index contributed by atoms with van der Waals surface area (Å²) in [5, 5.41) is 3.58. The van der Waals surface area contributed by atoms with Crippen LogP contribution in [0.3, 0.4) is 0 Å². The summed E-state index contributed by atoms with van der Waals surface area (Å²) in [6.07, 6.45) is 5.81. The standard InChI is InChI=1S/C14H23N3OS/c1-10(2)13(18)16-14-15-8-12(19-14)9-17-7-5-4-6-11(17)3/h8,10-11H,4-7,9H2,1-3H3,(H,15,16,18). The third-order valence-electron chi connectivity index (χ3n) is 3.61. The van der Waals surface area contributed by atoms with Crippen LogP contribution in [0.1, 0.15) is 44.9 Å². The van der Waals surface area contributed by atoms with Crippen molar-refractivity contribution in [1.82, 2.24) is 9.88 Å². The smallest absolute Gasteiger partial charge is 0.228 e. The molecule has 0 radical (unpaired) electrons. The third-order valence-corrected chi connectivity index (χ3v) is 4.51. The summed E-state index contributed by atoms with van der Waals surface area (Å²) in [5.41, 5.74) is 0. The Kier molecular flexibility index (Phi) is 4.93. The molecule has 2 heterocycles. The molecule has 2 rings (SSSR count). The molecule has 1 amide bonds. The summed E-state index contributed by atoms with van der Waals surface area (Å²) < 4.78 is 0. The van der Waals surface area contributed by atoms with Gasteiger partial charge in [-0.25, -0.2) is 4.98 Å². The molecule has 1 aromatic heterocycles. The van der Waals surface area contributed by atoms with Crippen LogP contribution >= 0.6 is 11.3 Å². The SMILES string of the molecule is CC(C)C(=O)Nc1ncc(CN2CCCCC2C)s1. The van der Waals surface area contributed by atoms with Crippen molar-refractivity contribution in [2.45, 2.75) is 52.6 Å². The summed E-state index contributed by atoms with van der Waals surface area (Å²) in [5.74, 6) is 0.0294. The number of rotatable bonds is 4. The maximum Gasteiger partial charge on any atom is 0.228 e. The van der Waals surface area contributed by atoms with Crippen molar-refractivity contribution in [3.05, 3.63) is 11.1 Å². The highest BCUT2D eigenvalue weighted by Crippen LogP contribution is 2.24. The van der Waals surface area contributed by atoms with Gasteiger partial charge in [0.2, 0.25) is 5.91 Å². The van der Waals surface area contributed by atoms with Crippen molar-refractivity contribution in [1.29, 1.82) is 0 Å². The van der Waals surface area contributed by atoms with Crippen molar-refractivity contribution >= 4 is 22.4 Å². The number of likely N-dealkylation sites (tertiary alicyclic amines) is 1. The molecule has 5 heteroatoms. The first-order valence-corrected chi connectivity index (χ1v) is 7.87. The lowest BCUT2D eigenvalue weighted by atomic mass is 10.0. The van der Waals surface area contributed by atoms with Crippen molar-refractivity contribution in [2.24, 2.45) is 5.92 Å². The third kappa shape index (κ3) is 4.01. The highest BCUT2D eigenvalue weighted by molar-refractivity contribution is 7.15. The molecule has 0 saturated carbocycles. The van der Waals surface area contributed by atoms with Gasteiger partial charge in [0.15, 0.2) is 5.13 Å². The van der Waals surface area contributed by atoms with Gasteiger partial charge in [-0.2, -0.15) is 0 Å². The van der Waals surface area contributed by atoms with E-state index in [0.717, 1.165) is 11.7 Å². The number of hydrogen-bond acceptors (Lipinski definition) is 4. The zero-order valence-electron chi connectivity index (χ0n) is 12.0. The quantitative estimate of drug-likeness (QED) is 0.922. The van der Waals surface area contributed by atoms with Crippen molar-refractivity contribution in [2.75, 3.05) is 11.9 Å². The first-order chi connectivity index (χ1) is 9.06. The molecular weight excluding hydrogens is 258 g/mol. The average molecular weight is 281 g/mol. The van der Waals surface area contributed by atoms with Crippen LogP contribution in [0, 0.1) is 5.92 Å². The molecule has 1 N–H and O–H groups in total. The number of hydrogen-bond donors (Lipinski definition) is 1. The zero-order chi connectivity index (χ0) is 13.8. The molecule has 0 aromatic carbocycles. The van der Waals surface area contributed by atoms with Crippen LogP contribution in [0.15, 0.2) is 6.20 Å². The Morgan fingerprint density at radius 2 is 2.37 bits per heavy atom. The maximum absolute atomic E-state index is 11.6. The summed E-state index contributed by atoms with van der Waals surface area (Å²) in [4.78, 5) is 19.6. The Morgan fingerprint density at radius 3 is 3.05 bits per heavy atom. The minimum absolute atomic E-state index is 0.00512. The molecule has 0 aliphatic carbocycles. The van der Waals surface area contributed by atoms with E-state index in [0.29, 0.717) is 6.04 Å². The second kappa shape index (κ2) is 6.48. The monoisotopic (exact) mass is 281 g/mol. The van der Waals surface area contributed by atoms with Crippen LogP contribution in [0.5, 0.6) is 0 Å². The second-order valence-corrected chi connectivity index (χ2v) is 6.71. The van der Waals surface area contributed by atoms with Crippen LogP contribution in [-0.2, 0) is 11.3 Å².